The van der Waals surface area contributed by atoms with Crippen LogP contribution in [0.25, 0.3) is 20.9 Å². The number of pyridine rings is 1. The van der Waals surface area contributed by atoms with Gasteiger partial charge in [-0.15, -0.1) is 0 Å². The van der Waals surface area contributed by atoms with E-state index in [9.17, 15) is 16.8 Å². The van der Waals surface area contributed by atoms with Crippen LogP contribution < -0.4 is 9.80 Å². The first-order valence-corrected chi connectivity index (χ1v) is 19.9. The number of likely N-dealkylation sites (N-methyl/N-ethyl adjacent to an activating group) is 1. The molecule has 4 heterocycles. The van der Waals surface area contributed by atoms with E-state index in [2.05, 4.69) is 16.8 Å². The zero-order valence-electron chi connectivity index (χ0n) is 26.1. The van der Waals surface area contributed by atoms with Gasteiger partial charge in [0.15, 0.2) is 29.9 Å². The van der Waals surface area contributed by atoms with Crippen LogP contribution >= 0.6 is 22.7 Å². The third kappa shape index (κ3) is 6.72. The van der Waals surface area contributed by atoms with Crippen LogP contribution in [0.5, 0.6) is 0 Å². The highest BCUT2D eigenvalue weighted by atomic mass is 32.2. The maximum Gasteiger partial charge on any atom is 0.197 e. The number of benzene rings is 2. The zero-order valence-corrected chi connectivity index (χ0v) is 29.4. The van der Waals surface area contributed by atoms with Crippen molar-refractivity contribution in [3.8, 4) is 20.9 Å². The Hall–Kier alpha value is -3.69. The quantitative estimate of drug-likeness (QED) is 0.192. The van der Waals surface area contributed by atoms with Crippen molar-refractivity contribution in [2.45, 2.75) is 23.6 Å². The predicted octanol–water partition coefficient (Wildman–Crippen LogP) is 5.97. The summed E-state index contributed by atoms with van der Waals surface area (Å²) in [6.45, 7) is 7.66. The fraction of sp³-hybridized carbons (Fsp3) is 0.281. The Morgan fingerprint density at radius 3 is 1.52 bits per heavy atom. The molecule has 0 unspecified atom stereocenters. The van der Waals surface area contributed by atoms with Gasteiger partial charge < -0.3 is 9.80 Å². The van der Waals surface area contributed by atoms with Gasteiger partial charge in [-0.1, -0.05) is 46.9 Å². The van der Waals surface area contributed by atoms with Crippen molar-refractivity contribution < 1.29 is 16.8 Å². The number of nitrogens with zero attached hydrogens (tertiary/aromatic N) is 6. The third-order valence-electron chi connectivity index (χ3n) is 7.86. The van der Waals surface area contributed by atoms with Gasteiger partial charge in [0.2, 0.25) is 0 Å². The first-order chi connectivity index (χ1) is 21.8. The summed E-state index contributed by atoms with van der Waals surface area (Å²) in [6, 6.07) is 17.8. The molecule has 10 nitrogen and oxygen atoms in total. The molecule has 1 aliphatic rings. The number of thiazole rings is 2. The van der Waals surface area contributed by atoms with Gasteiger partial charge in [-0.05, 0) is 68.4 Å². The van der Waals surface area contributed by atoms with Crippen LogP contribution in [0.1, 0.15) is 11.4 Å². The lowest BCUT2D eigenvalue weighted by molar-refractivity contribution is 0.312. The van der Waals surface area contributed by atoms with E-state index in [4.69, 9.17) is 15.0 Å². The monoisotopic (exact) mass is 694 g/mol. The third-order valence-corrected chi connectivity index (χ3v) is 12.5. The van der Waals surface area contributed by atoms with Crippen molar-refractivity contribution in [1.29, 1.82) is 0 Å². The van der Waals surface area contributed by atoms with Crippen LogP contribution in [0.2, 0.25) is 0 Å². The van der Waals surface area contributed by atoms with E-state index in [-0.39, 0.29) is 9.79 Å². The summed E-state index contributed by atoms with van der Waals surface area (Å²) < 4.78 is 48.1. The van der Waals surface area contributed by atoms with E-state index in [0.29, 0.717) is 10.3 Å². The van der Waals surface area contributed by atoms with E-state index in [1.165, 1.54) is 35.2 Å². The Morgan fingerprint density at radius 1 is 0.674 bits per heavy atom. The maximum absolute atomic E-state index is 12.0. The van der Waals surface area contributed by atoms with Gasteiger partial charge in [0.05, 0.1) is 42.8 Å². The number of aryl methyl sites for hydroxylation is 2. The average molecular weight is 695 g/mol. The number of hydrogen-bond donors (Lipinski definition) is 0. The topological polar surface area (TPSA) is 117 Å². The fourth-order valence-corrected chi connectivity index (χ4v) is 8.74. The van der Waals surface area contributed by atoms with E-state index < -0.39 is 19.7 Å². The van der Waals surface area contributed by atoms with Crippen molar-refractivity contribution >= 4 is 64.1 Å². The lowest BCUT2D eigenvalue weighted by Crippen LogP contribution is -2.44. The highest BCUT2D eigenvalue weighted by molar-refractivity contribution is 7.91. The highest BCUT2D eigenvalue weighted by Crippen LogP contribution is 2.45. The summed E-state index contributed by atoms with van der Waals surface area (Å²) in [4.78, 5) is 23.7. The molecule has 3 aromatic heterocycles. The summed E-state index contributed by atoms with van der Waals surface area (Å²) in [5.74, 6) is 0.917. The first-order valence-electron chi connectivity index (χ1n) is 14.5. The molecule has 240 valence electrons. The number of hydrogen-bond acceptors (Lipinski definition) is 12. The molecule has 0 aliphatic carbocycles. The summed E-state index contributed by atoms with van der Waals surface area (Å²) in [5.41, 5.74) is 4.17. The first kappa shape index (κ1) is 32.3. The second-order valence-corrected chi connectivity index (χ2v) is 17.4. The standard InChI is InChI=1S/C32H34N6O4S4/c1-21-29(23-6-11-26(12-7-23)45(4,39)40)43-31(34-21)38(25-10-15-28(33-20-25)37-18-16-36(3)17-19-37)32-35-22(2)30(44-32)24-8-13-27(14-9-24)46(5,41)42/h6-15,20H,16-19H2,1-5H3. The predicted molar refractivity (Wildman–Crippen MR) is 187 cm³/mol. The highest BCUT2D eigenvalue weighted by Gasteiger charge is 2.25. The summed E-state index contributed by atoms with van der Waals surface area (Å²) in [7, 11) is -4.50. The largest absolute Gasteiger partial charge is 0.354 e. The van der Waals surface area contributed by atoms with Crippen molar-refractivity contribution in [1.82, 2.24) is 19.9 Å². The number of rotatable bonds is 8. The van der Waals surface area contributed by atoms with Gasteiger partial charge in [0, 0.05) is 38.7 Å². The Balaban J connectivity index is 1.41. The van der Waals surface area contributed by atoms with Gasteiger partial charge in [-0.2, -0.15) is 0 Å². The summed E-state index contributed by atoms with van der Waals surface area (Å²) in [6.07, 6.45) is 4.24. The molecule has 0 atom stereocenters. The molecule has 0 amide bonds. The van der Waals surface area contributed by atoms with Gasteiger partial charge >= 0.3 is 0 Å². The van der Waals surface area contributed by atoms with Crippen LogP contribution in [-0.2, 0) is 19.7 Å². The molecule has 0 saturated carbocycles. The Bertz CT molecular complexity index is 1960. The SMILES string of the molecule is Cc1nc(N(c2ccc(N3CCN(C)CC3)nc2)c2nc(C)c(-c3ccc(S(C)(=O)=O)cc3)s2)sc1-c1ccc(S(C)(=O)=O)cc1. The van der Waals surface area contributed by atoms with Gasteiger partial charge in [-0.3, -0.25) is 4.90 Å². The van der Waals surface area contributed by atoms with E-state index in [1.54, 1.807) is 24.3 Å². The molecular formula is C32H34N6O4S4. The number of piperazine rings is 1. The Kier molecular flexibility index (Phi) is 8.76. The molecule has 1 fully saturated rings. The van der Waals surface area contributed by atoms with E-state index in [1.807, 2.05) is 61.3 Å². The summed E-state index contributed by atoms with van der Waals surface area (Å²) in [5, 5.41) is 1.39. The van der Waals surface area contributed by atoms with Gasteiger partial charge in [0.1, 0.15) is 5.82 Å². The van der Waals surface area contributed by atoms with Gasteiger partial charge in [0.25, 0.3) is 0 Å². The second-order valence-electron chi connectivity index (χ2n) is 11.4. The van der Waals surface area contributed by atoms with Crippen LogP contribution in [0.4, 0.5) is 21.8 Å². The zero-order chi connectivity index (χ0) is 32.8. The summed E-state index contributed by atoms with van der Waals surface area (Å²) >= 11 is 2.99. The molecule has 14 heteroatoms. The van der Waals surface area contributed by atoms with Crippen molar-refractivity contribution in [3.05, 3.63) is 78.2 Å². The molecule has 5 aromatic rings. The molecule has 0 spiro atoms. The van der Waals surface area contributed by atoms with Crippen molar-refractivity contribution in [3.63, 3.8) is 0 Å². The number of aromatic nitrogens is 3. The molecule has 0 N–H and O–H groups in total. The minimum atomic E-state index is -3.31. The molecule has 2 aromatic carbocycles. The Labute approximate surface area is 277 Å². The molecule has 1 saturated heterocycles. The fourth-order valence-electron chi connectivity index (χ4n) is 5.23. The maximum atomic E-state index is 12.0. The van der Waals surface area contributed by atoms with Crippen LogP contribution in [0.3, 0.4) is 0 Å². The van der Waals surface area contributed by atoms with E-state index in [0.717, 1.165) is 70.0 Å². The molecule has 46 heavy (non-hydrogen) atoms. The Morgan fingerprint density at radius 2 is 1.13 bits per heavy atom. The average Bonchev–Trinajstić information content (AvgIpc) is 3.59. The van der Waals surface area contributed by atoms with Crippen LogP contribution in [0, 0.1) is 13.8 Å². The second kappa shape index (κ2) is 12.5. The minimum absolute atomic E-state index is 0.266. The lowest BCUT2D eigenvalue weighted by atomic mass is 10.2. The van der Waals surface area contributed by atoms with Crippen molar-refractivity contribution in [2.75, 3.05) is 55.5 Å². The molecule has 0 bridgehead atoms. The van der Waals surface area contributed by atoms with Gasteiger partial charge in [-0.25, -0.2) is 31.8 Å². The van der Waals surface area contributed by atoms with Crippen LogP contribution in [0.15, 0.2) is 76.7 Å². The number of sulfone groups is 2. The molecular weight excluding hydrogens is 661 g/mol. The van der Waals surface area contributed by atoms with Crippen molar-refractivity contribution in [2.24, 2.45) is 0 Å². The van der Waals surface area contributed by atoms with E-state index >= 15 is 0 Å². The molecule has 0 radical (unpaired) electrons. The molecule has 6 rings (SSSR count). The molecule has 1 aliphatic heterocycles. The minimum Gasteiger partial charge on any atom is -0.354 e. The van der Waals surface area contributed by atoms with Crippen LogP contribution in [-0.4, -0.2) is 82.4 Å². The normalized spacial score (nSPS) is 14.5. The smallest absolute Gasteiger partial charge is 0.197 e. The number of anilines is 4. The lowest BCUT2D eigenvalue weighted by Gasteiger charge is -2.33.